The van der Waals surface area contributed by atoms with Crippen LogP contribution >= 0.6 is 0 Å². The Hall–Kier alpha value is -3.71. The van der Waals surface area contributed by atoms with Gasteiger partial charge >= 0.3 is 13.2 Å². The van der Waals surface area contributed by atoms with Crippen molar-refractivity contribution in [3.8, 4) is 22.4 Å². The van der Waals surface area contributed by atoms with Gasteiger partial charge in [-0.25, -0.2) is 9.78 Å². The van der Waals surface area contributed by atoms with E-state index in [0.29, 0.717) is 25.5 Å². The molecule has 2 spiro atoms. The molecule has 3 saturated heterocycles. The van der Waals surface area contributed by atoms with Crippen LogP contribution < -0.4 is 10.8 Å². The van der Waals surface area contributed by atoms with E-state index in [4.69, 9.17) is 28.5 Å². The van der Waals surface area contributed by atoms with Crippen LogP contribution in [0.5, 0.6) is 0 Å². The van der Waals surface area contributed by atoms with Gasteiger partial charge in [-0.3, -0.25) is 4.79 Å². The molecular formula is C41H53BN4O7. The van der Waals surface area contributed by atoms with Gasteiger partial charge in [0.2, 0.25) is 5.91 Å². The first-order chi connectivity index (χ1) is 25.3. The topological polar surface area (TPSA) is 124 Å². The lowest BCUT2D eigenvalue weighted by atomic mass is 9.70. The van der Waals surface area contributed by atoms with E-state index in [1.807, 2.05) is 20.0 Å². The molecule has 0 bridgehead atoms. The van der Waals surface area contributed by atoms with Gasteiger partial charge in [-0.1, -0.05) is 63.1 Å². The maximum absolute atomic E-state index is 14.0. The maximum Gasteiger partial charge on any atom is 0.495 e. The highest BCUT2D eigenvalue weighted by molar-refractivity contribution is 6.62. The predicted molar refractivity (Wildman–Crippen MR) is 202 cm³/mol. The Labute approximate surface area is 313 Å². The van der Waals surface area contributed by atoms with Crippen LogP contribution in [-0.4, -0.2) is 83.9 Å². The van der Waals surface area contributed by atoms with Crippen LogP contribution in [0.25, 0.3) is 22.4 Å². The second-order valence-electron chi connectivity index (χ2n) is 17.0. The lowest BCUT2D eigenvalue weighted by Gasteiger charge is -2.32. The summed E-state index contributed by atoms with van der Waals surface area (Å²) in [6, 6.07) is 12.1. The third-order valence-corrected chi connectivity index (χ3v) is 13.0. The van der Waals surface area contributed by atoms with Crippen molar-refractivity contribution in [2.75, 3.05) is 26.9 Å². The molecule has 1 saturated carbocycles. The number of alkyl carbamates (subject to hydrolysis) is 1. The highest BCUT2D eigenvalue weighted by atomic mass is 16.7. The summed E-state index contributed by atoms with van der Waals surface area (Å²) >= 11 is 0. The van der Waals surface area contributed by atoms with Crippen molar-refractivity contribution in [1.29, 1.82) is 0 Å². The number of aromatic nitrogens is 2. The first-order valence-electron chi connectivity index (χ1n) is 19.4. The number of methoxy groups -OCH3 is 1. The van der Waals surface area contributed by atoms with Crippen molar-refractivity contribution in [2.24, 2.45) is 5.92 Å². The quantitative estimate of drug-likeness (QED) is 0.277. The van der Waals surface area contributed by atoms with E-state index in [1.165, 1.54) is 66.9 Å². The van der Waals surface area contributed by atoms with Crippen LogP contribution in [0, 0.1) is 5.92 Å². The van der Waals surface area contributed by atoms with Gasteiger partial charge in [-0.15, -0.1) is 0 Å². The van der Waals surface area contributed by atoms with E-state index in [1.54, 1.807) is 4.90 Å². The number of carbonyl (C=O) groups excluding carboxylic acids is 2. The molecule has 4 fully saturated rings. The van der Waals surface area contributed by atoms with Gasteiger partial charge in [-0.2, -0.15) is 0 Å². The molecule has 5 aliphatic rings. The van der Waals surface area contributed by atoms with Gasteiger partial charge < -0.3 is 38.7 Å². The van der Waals surface area contributed by atoms with Gasteiger partial charge in [0.1, 0.15) is 11.9 Å². The number of rotatable bonds is 7. The number of likely N-dealkylation sites (tertiary alicyclic amines) is 1. The third kappa shape index (κ3) is 6.19. The molecule has 1 aromatic heterocycles. The summed E-state index contributed by atoms with van der Waals surface area (Å²) < 4.78 is 30.1. The standard InChI is InChI=1S/C41H53BN4O7/c1-25(2)34(45-37(48)49-7)36(47)46-24-41(50-20-21-51-41)22-32(46)35-43-23-31(44-35)27-12-10-26(11-13-27)28-14-15-30(42-52-38(3,4)39(5,6)53-42)29-16-19-40(33(28)29)17-8-9-18-40/h10-15,23,25,32,34H,8-9,16-22,24H2,1-7H3,(H,43,44)(H,45,48)/t32-,34-/m0/s1. The molecule has 2 aliphatic carbocycles. The molecule has 2 amide bonds. The summed E-state index contributed by atoms with van der Waals surface area (Å²) in [7, 11) is 0.920. The van der Waals surface area contributed by atoms with Crippen molar-refractivity contribution in [2.45, 2.75) is 121 Å². The monoisotopic (exact) mass is 724 g/mol. The first-order valence-corrected chi connectivity index (χ1v) is 19.4. The fourth-order valence-corrected chi connectivity index (χ4v) is 9.39. The van der Waals surface area contributed by atoms with Crippen molar-refractivity contribution in [3.05, 3.63) is 59.5 Å². The molecule has 3 aliphatic heterocycles. The number of imidazole rings is 1. The number of fused-ring (bicyclic) bond motifs is 2. The zero-order chi connectivity index (χ0) is 37.3. The number of carbonyl (C=O) groups is 2. The van der Waals surface area contributed by atoms with E-state index in [9.17, 15) is 9.59 Å². The van der Waals surface area contributed by atoms with Crippen LogP contribution in [0.1, 0.15) is 103 Å². The third-order valence-electron chi connectivity index (χ3n) is 13.0. The maximum atomic E-state index is 14.0. The summed E-state index contributed by atoms with van der Waals surface area (Å²) in [6.07, 6.45) is 8.82. The minimum Gasteiger partial charge on any atom is -0.453 e. The van der Waals surface area contributed by atoms with Crippen LogP contribution in [0.2, 0.25) is 0 Å². The largest absolute Gasteiger partial charge is 0.495 e. The van der Waals surface area contributed by atoms with E-state index in [0.717, 1.165) is 17.7 Å². The Morgan fingerprint density at radius 1 is 0.962 bits per heavy atom. The van der Waals surface area contributed by atoms with E-state index < -0.39 is 35.2 Å². The number of benzene rings is 2. The number of nitrogens with zero attached hydrogens (tertiary/aromatic N) is 2. The number of H-pyrrole nitrogens is 1. The SMILES string of the molecule is COC(=O)N[C@H](C(=O)N1CC2(C[C@H]1c1ncc(-c3ccc(-c4ccc(B5OC(C)(C)C(C)(C)O5)c5c4C4(CCCC4)CC5)cc3)[nH]1)OCCO2)C(C)C. The van der Waals surface area contributed by atoms with Crippen LogP contribution in [-0.2, 0) is 40.1 Å². The molecule has 0 unspecified atom stereocenters. The van der Waals surface area contributed by atoms with Gasteiger partial charge in [-0.05, 0) is 98.0 Å². The summed E-state index contributed by atoms with van der Waals surface area (Å²) in [5.41, 5.74) is 7.87. The number of hydrogen-bond acceptors (Lipinski definition) is 8. The van der Waals surface area contributed by atoms with Gasteiger partial charge in [0.15, 0.2) is 5.79 Å². The fourth-order valence-electron chi connectivity index (χ4n) is 9.39. The zero-order valence-corrected chi connectivity index (χ0v) is 32.2. The average molecular weight is 725 g/mol. The Morgan fingerprint density at radius 3 is 2.26 bits per heavy atom. The summed E-state index contributed by atoms with van der Waals surface area (Å²) in [6.45, 7) is 13.4. The molecule has 53 heavy (non-hydrogen) atoms. The molecular weight excluding hydrogens is 671 g/mol. The number of nitrogens with one attached hydrogen (secondary N) is 2. The second kappa shape index (κ2) is 13.2. The Balaban J connectivity index is 1.08. The Morgan fingerprint density at radius 2 is 1.62 bits per heavy atom. The van der Waals surface area contributed by atoms with Crippen molar-refractivity contribution >= 4 is 24.6 Å². The zero-order valence-electron chi connectivity index (χ0n) is 32.2. The molecule has 3 aromatic rings. The van der Waals surface area contributed by atoms with E-state index in [-0.39, 0.29) is 30.9 Å². The smallest absolute Gasteiger partial charge is 0.453 e. The van der Waals surface area contributed by atoms with Crippen molar-refractivity contribution < 1.29 is 33.1 Å². The summed E-state index contributed by atoms with van der Waals surface area (Å²) in [4.78, 5) is 36.2. The van der Waals surface area contributed by atoms with Crippen LogP contribution in [0.15, 0.2) is 42.6 Å². The van der Waals surface area contributed by atoms with Gasteiger partial charge in [0.25, 0.3) is 0 Å². The van der Waals surface area contributed by atoms with E-state index in [2.05, 4.69) is 74.4 Å². The lowest BCUT2D eigenvalue weighted by molar-refractivity contribution is -0.153. The van der Waals surface area contributed by atoms with Crippen molar-refractivity contribution in [3.63, 3.8) is 0 Å². The lowest BCUT2D eigenvalue weighted by Crippen LogP contribution is -2.52. The number of ether oxygens (including phenoxy) is 3. The predicted octanol–water partition coefficient (Wildman–Crippen LogP) is 6.20. The number of aromatic amines is 1. The Bertz CT molecular complexity index is 1860. The number of hydrogen-bond donors (Lipinski definition) is 2. The molecule has 2 atom stereocenters. The normalized spacial score (nSPS) is 24.0. The molecule has 11 nitrogen and oxygen atoms in total. The highest BCUT2D eigenvalue weighted by Gasteiger charge is 2.55. The Kier molecular flexibility index (Phi) is 9.07. The molecule has 2 aromatic carbocycles. The summed E-state index contributed by atoms with van der Waals surface area (Å²) in [5, 5.41) is 2.72. The fraction of sp³-hybridized carbons (Fsp3) is 0.585. The second-order valence-corrected chi connectivity index (χ2v) is 17.0. The van der Waals surface area contributed by atoms with Crippen molar-refractivity contribution in [1.82, 2.24) is 20.2 Å². The molecule has 0 radical (unpaired) electrons. The molecule has 282 valence electrons. The van der Waals surface area contributed by atoms with Gasteiger partial charge in [0, 0.05) is 6.42 Å². The minimum absolute atomic E-state index is 0.167. The highest BCUT2D eigenvalue weighted by Crippen LogP contribution is 2.53. The van der Waals surface area contributed by atoms with Crippen LogP contribution in [0.3, 0.4) is 0 Å². The van der Waals surface area contributed by atoms with Gasteiger partial charge in [0.05, 0.1) is 56.0 Å². The molecule has 8 rings (SSSR count). The molecule has 2 N–H and O–H groups in total. The van der Waals surface area contributed by atoms with E-state index >= 15 is 0 Å². The average Bonchev–Trinajstić information content (AvgIpc) is 4.00. The first kappa shape index (κ1) is 36.3. The minimum atomic E-state index is -0.906. The molecule has 4 heterocycles. The number of amides is 2. The molecule has 12 heteroatoms. The van der Waals surface area contributed by atoms with Crippen LogP contribution in [0.4, 0.5) is 4.79 Å². The summed E-state index contributed by atoms with van der Waals surface area (Å²) in [5.74, 6) is -0.657.